The second kappa shape index (κ2) is 7.01. The summed E-state index contributed by atoms with van der Waals surface area (Å²) >= 11 is 3.39. The highest BCUT2D eigenvalue weighted by Crippen LogP contribution is 2.19. The molecule has 0 atom stereocenters. The lowest BCUT2D eigenvalue weighted by molar-refractivity contribution is -0.115. The Morgan fingerprint density at radius 2 is 1.75 bits per heavy atom. The maximum atomic E-state index is 12.4. The number of anilines is 1. The van der Waals surface area contributed by atoms with E-state index in [0.717, 1.165) is 32.8 Å². The number of rotatable bonds is 4. The van der Waals surface area contributed by atoms with Crippen LogP contribution in [0, 0.1) is 13.8 Å². The number of nitrogens with one attached hydrogen (secondary N) is 1. The Morgan fingerprint density at radius 1 is 1.08 bits per heavy atom. The summed E-state index contributed by atoms with van der Waals surface area (Å²) in [6.07, 6.45) is 0.306. The number of para-hydroxylation sites is 1. The van der Waals surface area contributed by atoms with Gasteiger partial charge < -0.3 is 5.32 Å². The van der Waals surface area contributed by atoms with E-state index in [1.165, 1.54) is 0 Å². The smallest absolute Gasteiger partial charge is 0.228 e. The van der Waals surface area contributed by atoms with E-state index in [0.29, 0.717) is 6.42 Å². The molecule has 0 bridgehead atoms. The topological polar surface area (TPSA) is 46.9 Å². The van der Waals surface area contributed by atoms with Gasteiger partial charge in [-0.05, 0) is 50.2 Å². The van der Waals surface area contributed by atoms with Crippen LogP contribution in [0.3, 0.4) is 0 Å². The van der Waals surface area contributed by atoms with Crippen LogP contribution in [0.1, 0.15) is 17.0 Å². The van der Waals surface area contributed by atoms with Crippen LogP contribution >= 0.6 is 15.9 Å². The molecule has 2 aromatic carbocycles. The van der Waals surface area contributed by atoms with Crippen LogP contribution < -0.4 is 5.32 Å². The summed E-state index contributed by atoms with van der Waals surface area (Å²) in [5, 5.41) is 7.51. The van der Waals surface area contributed by atoms with Crippen LogP contribution in [0.25, 0.3) is 5.69 Å². The van der Waals surface area contributed by atoms with Crippen LogP contribution in [0.15, 0.2) is 59.1 Å². The van der Waals surface area contributed by atoms with Gasteiger partial charge in [0.15, 0.2) is 0 Å². The molecule has 1 N–H and O–H groups in total. The third-order valence-electron chi connectivity index (χ3n) is 3.91. The Bertz CT molecular complexity index is 854. The zero-order valence-corrected chi connectivity index (χ0v) is 15.2. The number of aryl methyl sites for hydroxylation is 1. The number of benzene rings is 2. The molecule has 0 radical (unpaired) electrons. The van der Waals surface area contributed by atoms with Crippen molar-refractivity contribution in [3.8, 4) is 5.69 Å². The number of amides is 1. The molecule has 1 amide bonds. The second-order valence-corrected chi connectivity index (χ2v) is 6.54. The third-order valence-corrected chi connectivity index (χ3v) is 4.44. The first-order chi connectivity index (χ1) is 11.5. The van der Waals surface area contributed by atoms with Gasteiger partial charge >= 0.3 is 0 Å². The molecule has 5 heteroatoms. The van der Waals surface area contributed by atoms with Crippen LogP contribution in [0.5, 0.6) is 0 Å². The summed E-state index contributed by atoms with van der Waals surface area (Å²) in [6.45, 7) is 3.93. The van der Waals surface area contributed by atoms with E-state index in [4.69, 9.17) is 0 Å². The molecule has 122 valence electrons. The number of halogens is 1. The predicted molar refractivity (Wildman–Crippen MR) is 99.5 cm³/mol. The molecule has 3 aromatic rings. The highest BCUT2D eigenvalue weighted by atomic mass is 79.9. The highest BCUT2D eigenvalue weighted by Gasteiger charge is 2.16. The number of nitrogens with zero attached hydrogens (tertiary/aromatic N) is 2. The quantitative estimate of drug-likeness (QED) is 0.723. The van der Waals surface area contributed by atoms with E-state index < -0.39 is 0 Å². The maximum Gasteiger partial charge on any atom is 0.228 e. The zero-order chi connectivity index (χ0) is 17.1. The third kappa shape index (κ3) is 3.57. The Kier molecular flexibility index (Phi) is 4.81. The molecule has 3 rings (SSSR count). The van der Waals surface area contributed by atoms with Gasteiger partial charge in [0.1, 0.15) is 0 Å². The first-order valence-corrected chi connectivity index (χ1v) is 8.50. The SMILES string of the molecule is Cc1nn(-c2ccccc2)c(C)c1CC(=O)Nc1ccc(Br)cc1. The van der Waals surface area contributed by atoms with Gasteiger partial charge in [-0.2, -0.15) is 5.10 Å². The molecule has 1 aromatic heterocycles. The summed E-state index contributed by atoms with van der Waals surface area (Å²) in [7, 11) is 0. The fraction of sp³-hybridized carbons (Fsp3) is 0.158. The number of aromatic nitrogens is 2. The van der Waals surface area contributed by atoms with Crippen molar-refractivity contribution < 1.29 is 4.79 Å². The summed E-state index contributed by atoms with van der Waals surface area (Å²) < 4.78 is 2.87. The van der Waals surface area contributed by atoms with Crippen molar-refractivity contribution in [3.05, 3.63) is 76.0 Å². The van der Waals surface area contributed by atoms with Crippen molar-refractivity contribution in [3.63, 3.8) is 0 Å². The van der Waals surface area contributed by atoms with Crippen LogP contribution in [0.2, 0.25) is 0 Å². The number of hydrogen-bond donors (Lipinski definition) is 1. The van der Waals surface area contributed by atoms with Gasteiger partial charge in [0, 0.05) is 21.4 Å². The number of carbonyl (C=O) groups excluding carboxylic acids is 1. The number of hydrogen-bond acceptors (Lipinski definition) is 2. The van der Waals surface area contributed by atoms with E-state index >= 15 is 0 Å². The Hall–Kier alpha value is -2.40. The first-order valence-electron chi connectivity index (χ1n) is 7.70. The molecule has 0 spiro atoms. The predicted octanol–water partition coefficient (Wildman–Crippen LogP) is 4.43. The summed E-state index contributed by atoms with van der Waals surface area (Å²) in [4.78, 5) is 12.4. The molecule has 0 unspecified atom stereocenters. The number of carbonyl (C=O) groups is 1. The molecule has 0 saturated heterocycles. The highest BCUT2D eigenvalue weighted by molar-refractivity contribution is 9.10. The van der Waals surface area contributed by atoms with Crippen molar-refractivity contribution in [2.45, 2.75) is 20.3 Å². The maximum absolute atomic E-state index is 12.4. The molecule has 0 aliphatic heterocycles. The lowest BCUT2D eigenvalue weighted by Gasteiger charge is -2.07. The standard InChI is InChI=1S/C19H18BrN3O/c1-13-18(12-19(24)21-16-10-8-15(20)9-11-16)14(2)23(22-13)17-6-4-3-5-7-17/h3-11H,12H2,1-2H3,(H,21,24). The fourth-order valence-corrected chi connectivity index (χ4v) is 2.91. The Morgan fingerprint density at radius 3 is 2.42 bits per heavy atom. The van der Waals surface area contributed by atoms with Crippen LogP contribution in [-0.2, 0) is 11.2 Å². The molecule has 4 nitrogen and oxygen atoms in total. The van der Waals surface area contributed by atoms with Gasteiger partial charge in [0.25, 0.3) is 0 Å². The molecule has 1 heterocycles. The first kappa shape index (κ1) is 16.5. The van der Waals surface area contributed by atoms with E-state index in [-0.39, 0.29) is 5.91 Å². The lowest BCUT2D eigenvalue weighted by atomic mass is 10.1. The molecular formula is C19H18BrN3O. The molecule has 0 saturated carbocycles. The zero-order valence-electron chi connectivity index (χ0n) is 13.6. The van der Waals surface area contributed by atoms with Gasteiger partial charge in [0.2, 0.25) is 5.91 Å². The van der Waals surface area contributed by atoms with Gasteiger partial charge in [-0.3, -0.25) is 4.79 Å². The van der Waals surface area contributed by atoms with Crippen molar-refractivity contribution in [2.75, 3.05) is 5.32 Å². The summed E-state index contributed by atoms with van der Waals surface area (Å²) in [6, 6.07) is 17.5. The Balaban J connectivity index is 1.79. The van der Waals surface area contributed by atoms with Gasteiger partial charge in [-0.25, -0.2) is 4.68 Å². The molecule has 0 aliphatic rings. The minimum Gasteiger partial charge on any atom is -0.326 e. The van der Waals surface area contributed by atoms with Gasteiger partial charge in [-0.1, -0.05) is 34.1 Å². The van der Waals surface area contributed by atoms with Gasteiger partial charge in [-0.15, -0.1) is 0 Å². The minimum absolute atomic E-state index is 0.0452. The summed E-state index contributed by atoms with van der Waals surface area (Å²) in [5.74, 6) is -0.0452. The van der Waals surface area contributed by atoms with Crippen molar-refractivity contribution in [1.29, 1.82) is 0 Å². The van der Waals surface area contributed by atoms with E-state index in [1.807, 2.05) is 73.1 Å². The second-order valence-electron chi connectivity index (χ2n) is 5.63. The monoisotopic (exact) mass is 383 g/mol. The Labute approximate surface area is 149 Å². The van der Waals surface area contributed by atoms with Crippen molar-refractivity contribution in [2.24, 2.45) is 0 Å². The van der Waals surface area contributed by atoms with Gasteiger partial charge in [0.05, 0.1) is 17.8 Å². The summed E-state index contributed by atoms with van der Waals surface area (Å²) in [5.41, 5.74) is 4.62. The fourth-order valence-electron chi connectivity index (χ4n) is 2.65. The van der Waals surface area contributed by atoms with Crippen molar-refractivity contribution in [1.82, 2.24) is 9.78 Å². The average molecular weight is 384 g/mol. The minimum atomic E-state index is -0.0452. The van der Waals surface area contributed by atoms with Crippen LogP contribution in [0.4, 0.5) is 5.69 Å². The molecule has 24 heavy (non-hydrogen) atoms. The van der Waals surface area contributed by atoms with Crippen LogP contribution in [-0.4, -0.2) is 15.7 Å². The average Bonchev–Trinajstić information content (AvgIpc) is 2.86. The normalized spacial score (nSPS) is 10.6. The lowest BCUT2D eigenvalue weighted by Crippen LogP contribution is -2.15. The molecular weight excluding hydrogens is 366 g/mol. The van der Waals surface area contributed by atoms with E-state index in [9.17, 15) is 4.79 Å². The van der Waals surface area contributed by atoms with Crippen molar-refractivity contribution >= 4 is 27.5 Å². The van der Waals surface area contributed by atoms with E-state index in [1.54, 1.807) is 0 Å². The molecule has 0 fully saturated rings. The largest absolute Gasteiger partial charge is 0.326 e. The van der Waals surface area contributed by atoms with E-state index in [2.05, 4.69) is 26.3 Å². The molecule has 0 aliphatic carbocycles.